The second-order valence-electron chi connectivity index (χ2n) is 4.22. The molecule has 0 spiro atoms. The molecule has 1 rings (SSSR count). The predicted octanol–water partition coefficient (Wildman–Crippen LogP) is 0.991. The smallest absolute Gasteiger partial charge is 0.293 e. The summed E-state index contributed by atoms with van der Waals surface area (Å²) in [5.41, 5.74) is 0.329. The van der Waals surface area contributed by atoms with E-state index in [0.717, 1.165) is 0 Å². The van der Waals surface area contributed by atoms with Gasteiger partial charge in [-0.1, -0.05) is 0 Å². The number of likely N-dealkylation sites (N-methyl/N-ethyl adjacent to an activating group) is 2. The molecule has 0 N–H and O–H groups in total. The number of carbonyl (C=O) groups excluding carboxylic acids is 1. The van der Waals surface area contributed by atoms with Gasteiger partial charge in [0.2, 0.25) is 5.91 Å². The zero-order valence-corrected chi connectivity index (χ0v) is 11.0. The molecule has 7 heteroatoms. The Morgan fingerprint density at radius 2 is 2.05 bits per heavy atom. The molecule has 1 aromatic carbocycles. The van der Waals surface area contributed by atoms with Gasteiger partial charge in [-0.05, 0) is 12.1 Å². The van der Waals surface area contributed by atoms with E-state index in [2.05, 4.69) is 0 Å². The van der Waals surface area contributed by atoms with Crippen LogP contribution in [0, 0.1) is 21.4 Å². The lowest BCUT2D eigenvalue weighted by Gasteiger charge is -2.20. The van der Waals surface area contributed by atoms with Crippen molar-refractivity contribution < 1.29 is 9.72 Å². The lowest BCUT2D eigenvalue weighted by molar-refractivity contribution is -0.384. The summed E-state index contributed by atoms with van der Waals surface area (Å²) in [4.78, 5) is 24.9. The topological polar surface area (TPSA) is 90.5 Å². The minimum Gasteiger partial charge on any atom is -0.360 e. The molecule has 0 fully saturated rings. The number of nitro groups is 1. The number of anilines is 1. The molecule has 0 aliphatic carbocycles. The third-order valence-electron chi connectivity index (χ3n) is 2.58. The van der Waals surface area contributed by atoms with Gasteiger partial charge in [-0.25, -0.2) is 0 Å². The summed E-state index contributed by atoms with van der Waals surface area (Å²) in [5, 5.41) is 19.7. The summed E-state index contributed by atoms with van der Waals surface area (Å²) in [6, 6.07) is 6.01. The number of benzene rings is 1. The standard InChI is InChI=1S/C12H14N4O3/c1-14(2)12(17)8-15(3)10-5-4-9(7-13)6-11(10)16(18)19/h4-6H,8H2,1-3H3. The normalized spacial score (nSPS) is 9.58. The zero-order chi connectivity index (χ0) is 14.6. The zero-order valence-electron chi connectivity index (χ0n) is 11.0. The monoisotopic (exact) mass is 262 g/mol. The minimum atomic E-state index is -0.563. The van der Waals surface area contributed by atoms with Crippen LogP contribution in [0.3, 0.4) is 0 Å². The van der Waals surface area contributed by atoms with Gasteiger partial charge in [-0.2, -0.15) is 5.26 Å². The summed E-state index contributed by atoms with van der Waals surface area (Å²) in [6.07, 6.45) is 0. The third-order valence-corrected chi connectivity index (χ3v) is 2.58. The second kappa shape index (κ2) is 5.82. The Bertz CT molecular complexity index is 548. The molecule has 0 saturated carbocycles. The van der Waals surface area contributed by atoms with Crippen LogP contribution in [0.4, 0.5) is 11.4 Å². The average Bonchev–Trinajstić information content (AvgIpc) is 2.37. The molecule has 0 bridgehead atoms. The van der Waals surface area contributed by atoms with E-state index in [-0.39, 0.29) is 23.7 Å². The van der Waals surface area contributed by atoms with Gasteiger partial charge in [-0.3, -0.25) is 14.9 Å². The van der Waals surface area contributed by atoms with Crippen LogP contribution >= 0.6 is 0 Å². The van der Waals surface area contributed by atoms with Crippen molar-refractivity contribution in [3.8, 4) is 6.07 Å². The largest absolute Gasteiger partial charge is 0.360 e. The van der Waals surface area contributed by atoms with Crippen LogP contribution in [0.25, 0.3) is 0 Å². The van der Waals surface area contributed by atoms with E-state index in [4.69, 9.17) is 5.26 Å². The molecular formula is C12H14N4O3. The molecule has 0 aliphatic rings. The first-order chi connectivity index (χ1) is 8.86. The Morgan fingerprint density at radius 3 is 2.53 bits per heavy atom. The van der Waals surface area contributed by atoms with E-state index in [0.29, 0.717) is 5.69 Å². The predicted molar refractivity (Wildman–Crippen MR) is 69.8 cm³/mol. The molecule has 100 valence electrons. The van der Waals surface area contributed by atoms with Crippen molar-refractivity contribution in [2.45, 2.75) is 0 Å². The maximum Gasteiger partial charge on any atom is 0.293 e. The summed E-state index contributed by atoms with van der Waals surface area (Å²) in [6.45, 7) is 0.0275. The van der Waals surface area contributed by atoms with Gasteiger partial charge in [0, 0.05) is 27.2 Å². The van der Waals surface area contributed by atoms with E-state index in [1.165, 1.54) is 28.0 Å². The van der Waals surface area contributed by atoms with Gasteiger partial charge in [0.25, 0.3) is 5.69 Å². The maximum absolute atomic E-state index is 11.6. The summed E-state index contributed by atoms with van der Waals surface area (Å²) >= 11 is 0. The fourth-order valence-corrected chi connectivity index (χ4v) is 1.49. The van der Waals surface area contributed by atoms with Crippen molar-refractivity contribution in [3.05, 3.63) is 33.9 Å². The molecule has 0 saturated heterocycles. The van der Waals surface area contributed by atoms with Gasteiger partial charge >= 0.3 is 0 Å². The molecule has 7 nitrogen and oxygen atoms in total. The Kier molecular flexibility index (Phi) is 4.42. The number of carbonyl (C=O) groups is 1. The Balaban J connectivity index is 3.09. The van der Waals surface area contributed by atoms with E-state index in [9.17, 15) is 14.9 Å². The molecule has 0 atom stereocenters. The fourth-order valence-electron chi connectivity index (χ4n) is 1.49. The minimum absolute atomic E-state index is 0.0275. The highest BCUT2D eigenvalue weighted by atomic mass is 16.6. The van der Waals surface area contributed by atoms with Crippen LogP contribution < -0.4 is 4.90 Å². The van der Waals surface area contributed by atoms with Crippen molar-refractivity contribution in [1.82, 2.24) is 4.90 Å². The molecule has 0 heterocycles. The summed E-state index contributed by atoms with van der Waals surface area (Å²) < 4.78 is 0. The second-order valence-corrected chi connectivity index (χ2v) is 4.22. The first kappa shape index (κ1) is 14.4. The highest BCUT2D eigenvalue weighted by molar-refractivity contribution is 5.82. The molecule has 0 unspecified atom stereocenters. The van der Waals surface area contributed by atoms with Crippen LogP contribution in [0.1, 0.15) is 5.56 Å². The maximum atomic E-state index is 11.6. The first-order valence-corrected chi connectivity index (χ1v) is 5.46. The van der Waals surface area contributed by atoms with Gasteiger partial charge < -0.3 is 9.80 Å². The highest BCUT2D eigenvalue weighted by Crippen LogP contribution is 2.28. The molecule has 1 aromatic rings. The number of nitriles is 1. The summed E-state index contributed by atoms with van der Waals surface area (Å²) in [7, 11) is 4.82. The molecule has 0 aliphatic heterocycles. The van der Waals surface area contributed by atoms with Crippen LogP contribution in [-0.4, -0.2) is 43.4 Å². The van der Waals surface area contributed by atoms with Crippen molar-refractivity contribution in [1.29, 1.82) is 5.26 Å². The molecule has 1 amide bonds. The highest BCUT2D eigenvalue weighted by Gasteiger charge is 2.20. The van der Waals surface area contributed by atoms with E-state index in [1.54, 1.807) is 21.1 Å². The van der Waals surface area contributed by atoms with Crippen molar-refractivity contribution in [3.63, 3.8) is 0 Å². The SMILES string of the molecule is CN(C)C(=O)CN(C)c1ccc(C#N)cc1[N+](=O)[O-]. The number of hydrogen-bond donors (Lipinski definition) is 0. The van der Waals surface area contributed by atoms with Crippen molar-refractivity contribution in [2.24, 2.45) is 0 Å². The number of amides is 1. The van der Waals surface area contributed by atoms with Gasteiger partial charge in [-0.15, -0.1) is 0 Å². The van der Waals surface area contributed by atoms with E-state index in [1.807, 2.05) is 6.07 Å². The molecule has 19 heavy (non-hydrogen) atoms. The Labute approximate surface area is 110 Å². The lowest BCUT2D eigenvalue weighted by atomic mass is 10.1. The van der Waals surface area contributed by atoms with Gasteiger partial charge in [0.05, 0.1) is 23.1 Å². The van der Waals surface area contributed by atoms with Gasteiger partial charge in [0.1, 0.15) is 5.69 Å². The quantitative estimate of drug-likeness (QED) is 0.596. The fraction of sp³-hybridized carbons (Fsp3) is 0.333. The number of nitrogens with zero attached hydrogens (tertiary/aromatic N) is 4. The van der Waals surface area contributed by atoms with Crippen LogP contribution in [0.5, 0.6) is 0 Å². The van der Waals surface area contributed by atoms with Crippen molar-refractivity contribution >= 4 is 17.3 Å². The lowest BCUT2D eigenvalue weighted by Crippen LogP contribution is -2.34. The van der Waals surface area contributed by atoms with Crippen LogP contribution in [-0.2, 0) is 4.79 Å². The van der Waals surface area contributed by atoms with E-state index >= 15 is 0 Å². The van der Waals surface area contributed by atoms with Crippen molar-refractivity contribution in [2.75, 3.05) is 32.6 Å². The van der Waals surface area contributed by atoms with Crippen LogP contribution in [0.15, 0.2) is 18.2 Å². The molecular weight excluding hydrogens is 248 g/mol. The Hall–Kier alpha value is -2.62. The average molecular weight is 262 g/mol. The molecule has 0 aromatic heterocycles. The first-order valence-electron chi connectivity index (χ1n) is 5.46. The van der Waals surface area contributed by atoms with E-state index < -0.39 is 4.92 Å². The molecule has 0 radical (unpaired) electrons. The summed E-state index contributed by atoms with van der Waals surface area (Å²) in [5.74, 6) is -0.166. The van der Waals surface area contributed by atoms with Crippen LogP contribution in [0.2, 0.25) is 0 Å². The number of nitro benzene ring substituents is 1. The number of hydrogen-bond acceptors (Lipinski definition) is 5. The number of rotatable bonds is 4. The third kappa shape index (κ3) is 3.42. The van der Waals surface area contributed by atoms with Gasteiger partial charge in [0.15, 0.2) is 0 Å². The Morgan fingerprint density at radius 1 is 1.42 bits per heavy atom.